The average Bonchev–Trinajstić information content (AvgIpc) is 1.88. The molecule has 0 radical (unpaired) electrons. The zero-order valence-electron chi connectivity index (χ0n) is 7.06. The lowest BCUT2D eigenvalue weighted by Gasteiger charge is -2.19. The van der Waals surface area contributed by atoms with Gasteiger partial charge < -0.3 is 9.47 Å². The molecule has 0 atom stereocenters. The van der Waals surface area contributed by atoms with Crippen LogP contribution in [0.4, 0.5) is 8.78 Å². The van der Waals surface area contributed by atoms with Gasteiger partial charge >= 0.3 is 6.11 Å². The number of ether oxygens (including phenoxy) is 2. The van der Waals surface area contributed by atoms with Gasteiger partial charge in [0.15, 0.2) is 0 Å². The summed E-state index contributed by atoms with van der Waals surface area (Å²) in [5.74, 6) is -0.792. The Labute approximate surface area is 65.5 Å². The Hall–Kier alpha value is -0.220. The van der Waals surface area contributed by atoms with Crippen molar-refractivity contribution in [3.63, 3.8) is 0 Å². The predicted octanol–water partition coefficient (Wildman–Crippen LogP) is 1.90. The van der Waals surface area contributed by atoms with E-state index in [1.165, 1.54) is 21.0 Å². The fourth-order valence-corrected chi connectivity index (χ4v) is 0.428. The van der Waals surface area contributed by atoms with E-state index in [4.69, 9.17) is 0 Å². The van der Waals surface area contributed by atoms with Crippen LogP contribution in [0, 0.1) is 5.92 Å². The lowest BCUT2D eigenvalue weighted by atomic mass is 10.2. The van der Waals surface area contributed by atoms with Gasteiger partial charge in [-0.3, -0.25) is 0 Å². The van der Waals surface area contributed by atoms with Gasteiger partial charge in [-0.25, -0.2) is 0 Å². The quantitative estimate of drug-likeness (QED) is 0.584. The number of hydrogen-bond acceptors (Lipinski definition) is 2. The molecule has 0 saturated carbocycles. The van der Waals surface area contributed by atoms with Crippen LogP contribution in [0.25, 0.3) is 0 Å². The summed E-state index contributed by atoms with van der Waals surface area (Å²) in [5.41, 5.74) is 0. The van der Waals surface area contributed by atoms with Gasteiger partial charge in [-0.1, -0.05) is 13.8 Å². The zero-order chi connectivity index (χ0) is 8.91. The topological polar surface area (TPSA) is 18.5 Å². The molecule has 0 N–H and O–H groups in total. The molecule has 0 rings (SSSR count). The normalized spacial score (nSPS) is 12.5. The second kappa shape index (κ2) is 4.62. The Bertz CT molecular complexity index is 105. The van der Waals surface area contributed by atoms with E-state index < -0.39 is 12.0 Å². The largest absolute Gasteiger partial charge is 0.382 e. The van der Waals surface area contributed by atoms with E-state index in [1.807, 2.05) is 0 Å². The second-order valence-corrected chi connectivity index (χ2v) is 2.56. The summed E-state index contributed by atoms with van der Waals surface area (Å²) in [6, 6.07) is 0. The SMILES string of the molecule is COCCOC(F)(F)C(C)C. The number of hydrogen-bond donors (Lipinski definition) is 0. The molecule has 0 aromatic heterocycles. The highest BCUT2D eigenvalue weighted by atomic mass is 19.3. The van der Waals surface area contributed by atoms with Crippen molar-refractivity contribution in [2.24, 2.45) is 5.92 Å². The van der Waals surface area contributed by atoms with Crippen molar-refractivity contribution in [3.05, 3.63) is 0 Å². The molecular weight excluding hydrogens is 154 g/mol. The lowest BCUT2D eigenvalue weighted by molar-refractivity contribution is -0.268. The molecule has 0 spiro atoms. The summed E-state index contributed by atoms with van der Waals surface area (Å²) < 4.78 is 34.0. The third-order valence-electron chi connectivity index (χ3n) is 1.25. The Morgan fingerprint density at radius 3 is 2.18 bits per heavy atom. The molecule has 0 amide bonds. The molecule has 0 aromatic rings. The maximum atomic E-state index is 12.6. The summed E-state index contributed by atoms with van der Waals surface area (Å²) in [7, 11) is 1.44. The Balaban J connectivity index is 3.55. The van der Waals surface area contributed by atoms with Crippen LogP contribution < -0.4 is 0 Å². The van der Waals surface area contributed by atoms with Gasteiger partial charge in [0.05, 0.1) is 13.2 Å². The van der Waals surface area contributed by atoms with Gasteiger partial charge in [0.25, 0.3) is 0 Å². The molecule has 0 aromatic carbocycles. The highest BCUT2D eigenvalue weighted by Crippen LogP contribution is 2.24. The van der Waals surface area contributed by atoms with Crippen molar-refractivity contribution < 1.29 is 18.3 Å². The molecule has 4 heteroatoms. The van der Waals surface area contributed by atoms with Crippen LogP contribution in [0.5, 0.6) is 0 Å². The number of halogens is 2. The van der Waals surface area contributed by atoms with E-state index in [0.717, 1.165) is 0 Å². The highest BCUT2D eigenvalue weighted by Gasteiger charge is 2.34. The van der Waals surface area contributed by atoms with Gasteiger partial charge in [-0.2, -0.15) is 8.78 Å². The van der Waals surface area contributed by atoms with Crippen LogP contribution in [-0.4, -0.2) is 26.4 Å². The molecule has 0 aliphatic rings. The van der Waals surface area contributed by atoms with Crippen molar-refractivity contribution in [2.75, 3.05) is 20.3 Å². The van der Waals surface area contributed by atoms with Crippen molar-refractivity contribution >= 4 is 0 Å². The third-order valence-corrected chi connectivity index (χ3v) is 1.25. The first-order valence-electron chi connectivity index (χ1n) is 3.51. The van der Waals surface area contributed by atoms with E-state index in [9.17, 15) is 8.78 Å². The fourth-order valence-electron chi connectivity index (χ4n) is 0.428. The first kappa shape index (κ1) is 10.8. The third kappa shape index (κ3) is 4.27. The van der Waals surface area contributed by atoms with E-state index in [2.05, 4.69) is 9.47 Å². The first-order valence-corrected chi connectivity index (χ1v) is 3.51. The number of alkyl halides is 2. The molecule has 11 heavy (non-hydrogen) atoms. The number of rotatable bonds is 5. The van der Waals surface area contributed by atoms with E-state index >= 15 is 0 Å². The highest BCUT2D eigenvalue weighted by molar-refractivity contribution is 4.57. The summed E-state index contributed by atoms with van der Waals surface area (Å²) in [5, 5.41) is 0. The van der Waals surface area contributed by atoms with Gasteiger partial charge in [0.1, 0.15) is 0 Å². The molecule has 0 aliphatic heterocycles. The molecule has 0 bridgehead atoms. The molecule has 68 valence electrons. The zero-order valence-corrected chi connectivity index (χ0v) is 7.06. The van der Waals surface area contributed by atoms with Gasteiger partial charge in [0.2, 0.25) is 0 Å². The summed E-state index contributed by atoms with van der Waals surface area (Å²) in [6.45, 7) is 2.95. The lowest BCUT2D eigenvalue weighted by Crippen LogP contribution is -2.29. The Morgan fingerprint density at radius 1 is 1.27 bits per heavy atom. The molecule has 0 heterocycles. The van der Waals surface area contributed by atoms with Crippen LogP contribution >= 0.6 is 0 Å². The minimum absolute atomic E-state index is 0.0678. The minimum Gasteiger partial charge on any atom is -0.382 e. The summed E-state index contributed by atoms with van der Waals surface area (Å²) in [4.78, 5) is 0. The molecule has 2 nitrogen and oxygen atoms in total. The Morgan fingerprint density at radius 2 is 1.82 bits per heavy atom. The second-order valence-electron chi connectivity index (χ2n) is 2.56. The molecule has 0 saturated heterocycles. The van der Waals surface area contributed by atoms with Crippen molar-refractivity contribution in [1.29, 1.82) is 0 Å². The van der Waals surface area contributed by atoms with Crippen LogP contribution in [0.2, 0.25) is 0 Å². The first-order chi connectivity index (χ1) is 5.00. The van der Waals surface area contributed by atoms with Crippen LogP contribution in [0.3, 0.4) is 0 Å². The van der Waals surface area contributed by atoms with Crippen molar-refractivity contribution in [2.45, 2.75) is 20.0 Å². The van der Waals surface area contributed by atoms with E-state index in [1.54, 1.807) is 0 Å². The van der Waals surface area contributed by atoms with Crippen LogP contribution in [-0.2, 0) is 9.47 Å². The summed E-state index contributed by atoms with van der Waals surface area (Å²) >= 11 is 0. The standard InChI is InChI=1S/C7H14F2O2/c1-6(2)7(8,9)11-5-4-10-3/h6H,4-5H2,1-3H3. The molecular formula is C7H14F2O2. The molecule has 0 fully saturated rings. The van der Waals surface area contributed by atoms with Crippen molar-refractivity contribution in [3.8, 4) is 0 Å². The number of methoxy groups -OCH3 is 1. The Kier molecular flexibility index (Phi) is 4.52. The van der Waals surface area contributed by atoms with E-state index in [-0.39, 0.29) is 13.2 Å². The minimum atomic E-state index is -3.03. The van der Waals surface area contributed by atoms with Crippen molar-refractivity contribution in [1.82, 2.24) is 0 Å². The molecule has 0 aliphatic carbocycles. The maximum Gasteiger partial charge on any atom is 0.358 e. The maximum absolute atomic E-state index is 12.6. The molecule has 0 unspecified atom stereocenters. The summed E-state index contributed by atoms with van der Waals surface area (Å²) in [6.07, 6.45) is -3.03. The fraction of sp³-hybridized carbons (Fsp3) is 1.00. The van der Waals surface area contributed by atoms with Gasteiger partial charge in [-0.15, -0.1) is 0 Å². The van der Waals surface area contributed by atoms with Gasteiger partial charge in [-0.05, 0) is 0 Å². The van der Waals surface area contributed by atoms with Crippen LogP contribution in [0.1, 0.15) is 13.8 Å². The smallest absolute Gasteiger partial charge is 0.358 e. The van der Waals surface area contributed by atoms with E-state index in [0.29, 0.717) is 0 Å². The van der Waals surface area contributed by atoms with Crippen LogP contribution in [0.15, 0.2) is 0 Å². The predicted molar refractivity (Wildman–Crippen MR) is 37.6 cm³/mol. The average molecular weight is 168 g/mol. The van der Waals surface area contributed by atoms with Gasteiger partial charge in [0, 0.05) is 13.0 Å². The monoisotopic (exact) mass is 168 g/mol.